The summed E-state index contributed by atoms with van der Waals surface area (Å²) in [6.45, 7) is 0.298. The number of amides is 1. The van der Waals surface area contributed by atoms with Gasteiger partial charge in [0, 0.05) is 30.6 Å². The summed E-state index contributed by atoms with van der Waals surface area (Å²) >= 11 is 0. The highest BCUT2D eigenvalue weighted by Crippen LogP contribution is 2.27. The molecule has 0 spiro atoms. The lowest BCUT2D eigenvalue weighted by atomic mass is 10.1. The van der Waals surface area contributed by atoms with Crippen LogP contribution in [0.4, 0.5) is 5.69 Å². The SMILES string of the molecule is COc1ccc(C(=O)NCc2cccnc2)cc1[N+](=O)[O-]. The van der Waals surface area contributed by atoms with Crippen molar-refractivity contribution in [2.45, 2.75) is 6.54 Å². The second-order valence-corrected chi connectivity index (χ2v) is 4.19. The average Bonchev–Trinajstić information content (AvgIpc) is 2.52. The first kappa shape index (κ1) is 14.4. The van der Waals surface area contributed by atoms with Gasteiger partial charge in [-0.25, -0.2) is 0 Å². The van der Waals surface area contributed by atoms with Crippen molar-refractivity contribution in [3.8, 4) is 5.75 Å². The van der Waals surface area contributed by atoms with Crippen molar-refractivity contribution < 1.29 is 14.5 Å². The number of methoxy groups -OCH3 is 1. The zero-order chi connectivity index (χ0) is 15.2. The molecule has 0 unspecified atom stereocenters. The predicted molar refractivity (Wildman–Crippen MR) is 75.1 cm³/mol. The lowest BCUT2D eigenvalue weighted by molar-refractivity contribution is -0.385. The Morgan fingerprint density at radius 3 is 2.86 bits per heavy atom. The van der Waals surface area contributed by atoms with E-state index in [4.69, 9.17) is 4.74 Å². The second kappa shape index (κ2) is 6.47. The maximum atomic E-state index is 12.0. The normalized spacial score (nSPS) is 9.95. The van der Waals surface area contributed by atoms with E-state index in [1.807, 2.05) is 6.07 Å². The Kier molecular flexibility index (Phi) is 4.45. The maximum absolute atomic E-state index is 12.0. The molecule has 108 valence electrons. The summed E-state index contributed by atoms with van der Waals surface area (Å²) in [6, 6.07) is 7.66. The third-order valence-electron chi connectivity index (χ3n) is 2.81. The number of nitrogens with zero attached hydrogens (tertiary/aromatic N) is 2. The highest BCUT2D eigenvalue weighted by Gasteiger charge is 2.17. The van der Waals surface area contributed by atoms with Crippen LogP contribution in [-0.4, -0.2) is 22.9 Å². The highest BCUT2D eigenvalue weighted by molar-refractivity contribution is 5.95. The van der Waals surface area contributed by atoms with E-state index in [-0.39, 0.29) is 17.0 Å². The number of aromatic nitrogens is 1. The zero-order valence-corrected chi connectivity index (χ0v) is 11.3. The van der Waals surface area contributed by atoms with Gasteiger partial charge in [0.25, 0.3) is 5.91 Å². The van der Waals surface area contributed by atoms with Gasteiger partial charge < -0.3 is 10.1 Å². The molecule has 0 saturated carbocycles. The summed E-state index contributed by atoms with van der Waals surface area (Å²) in [7, 11) is 1.34. The zero-order valence-electron chi connectivity index (χ0n) is 11.3. The van der Waals surface area contributed by atoms with Gasteiger partial charge in [0.05, 0.1) is 12.0 Å². The lowest BCUT2D eigenvalue weighted by Crippen LogP contribution is -2.22. The average molecular weight is 287 g/mol. The van der Waals surface area contributed by atoms with Crippen LogP contribution in [0.3, 0.4) is 0 Å². The van der Waals surface area contributed by atoms with Gasteiger partial charge in [0.15, 0.2) is 5.75 Å². The molecule has 2 rings (SSSR count). The van der Waals surface area contributed by atoms with E-state index < -0.39 is 10.8 Å². The van der Waals surface area contributed by atoms with Crippen LogP contribution < -0.4 is 10.1 Å². The largest absolute Gasteiger partial charge is 0.490 e. The fourth-order valence-electron chi connectivity index (χ4n) is 1.76. The molecule has 1 aromatic carbocycles. The van der Waals surface area contributed by atoms with Gasteiger partial charge in [0.2, 0.25) is 0 Å². The molecule has 1 aromatic heterocycles. The van der Waals surface area contributed by atoms with Crippen LogP contribution in [0.2, 0.25) is 0 Å². The Balaban J connectivity index is 2.12. The van der Waals surface area contributed by atoms with Gasteiger partial charge in [0.1, 0.15) is 0 Å². The van der Waals surface area contributed by atoms with E-state index >= 15 is 0 Å². The van der Waals surface area contributed by atoms with Crippen molar-refractivity contribution in [2.24, 2.45) is 0 Å². The van der Waals surface area contributed by atoms with Crippen LogP contribution in [0, 0.1) is 10.1 Å². The Labute approximate surface area is 120 Å². The number of carbonyl (C=O) groups excluding carboxylic acids is 1. The summed E-state index contributed by atoms with van der Waals surface area (Å²) < 4.78 is 4.89. The molecular weight excluding hydrogens is 274 g/mol. The van der Waals surface area contributed by atoms with E-state index in [1.165, 1.54) is 25.3 Å². The molecule has 0 atom stereocenters. The lowest BCUT2D eigenvalue weighted by Gasteiger charge is -2.06. The number of benzene rings is 1. The second-order valence-electron chi connectivity index (χ2n) is 4.19. The molecule has 1 heterocycles. The van der Waals surface area contributed by atoms with Crippen molar-refractivity contribution >= 4 is 11.6 Å². The molecule has 7 heteroatoms. The van der Waals surface area contributed by atoms with E-state index in [2.05, 4.69) is 10.3 Å². The minimum absolute atomic E-state index is 0.115. The molecule has 0 bridgehead atoms. The summed E-state index contributed by atoms with van der Waals surface area (Å²) in [4.78, 5) is 26.3. The Morgan fingerprint density at radius 1 is 1.43 bits per heavy atom. The molecule has 2 aromatic rings. The first-order valence-electron chi connectivity index (χ1n) is 6.11. The minimum Gasteiger partial charge on any atom is -0.490 e. The summed E-state index contributed by atoms with van der Waals surface area (Å²) in [6.07, 6.45) is 3.27. The van der Waals surface area contributed by atoms with Gasteiger partial charge in [-0.05, 0) is 23.8 Å². The maximum Gasteiger partial charge on any atom is 0.311 e. The van der Waals surface area contributed by atoms with Gasteiger partial charge in [-0.2, -0.15) is 0 Å². The van der Waals surface area contributed by atoms with E-state index in [0.717, 1.165) is 5.56 Å². The molecule has 0 fully saturated rings. The molecule has 1 N–H and O–H groups in total. The standard InChI is InChI=1S/C14H13N3O4/c1-21-13-5-4-11(7-12(13)17(19)20)14(18)16-9-10-3-2-6-15-8-10/h2-8H,9H2,1H3,(H,16,18). The van der Waals surface area contributed by atoms with E-state index in [1.54, 1.807) is 18.5 Å². The summed E-state index contributed by atoms with van der Waals surface area (Å²) in [5.74, 6) is -0.284. The summed E-state index contributed by atoms with van der Waals surface area (Å²) in [5.41, 5.74) is 0.798. The van der Waals surface area contributed by atoms with Crippen LogP contribution >= 0.6 is 0 Å². The molecule has 0 aliphatic carbocycles. The van der Waals surface area contributed by atoms with Gasteiger partial charge >= 0.3 is 5.69 Å². The van der Waals surface area contributed by atoms with Crippen molar-refractivity contribution in [2.75, 3.05) is 7.11 Å². The number of nitro benzene ring substituents is 1. The fourth-order valence-corrected chi connectivity index (χ4v) is 1.76. The van der Waals surface area contributed by atoms with Gasteiger partial charge in [-0.15, -0.1) is 0 Å². The molecule has 7 nitrogen and oxygen atoms in total. The Bertz CT molecular complexity index is 659. The number of nitro groups is 1. The Morgan fingerprint density at radius 2 is 2.24 bits per heavy atom. The van der Waals surface area contributed by atoms with Crippen LogP contribution in [0.5, 0.6) is 5.75 Å². The van der Waals surface area contributed by atoms with E-state index in [9.17, 15) is 14.9 Å². The highest BCUT2D eigenvalue weighted by atomic mass is 16.6. The molecule has 0 saturated heterocycles. The van der Waals surface area contributed by atoms with Gasteiger partial charge in [-0.3, -0.25) is 19.9 Å². The Hall–Kier alpha value is -2.96. The molecule has 1 amide bonds. The number of nitrogens with one attached hydrogen (secondary N) is 1. The van der Waals surface area contributed by atoms with Crippen molar-refractivity contribution in [3.05, 3.63) is 64.0 Å². The number of hydrogen-bond acceptors (Lipinski definition) is 5. The number of carbonyl (C=O) groups is 1. The van der Waals surface area contributed by atoms with Crippen LogP contribution in [-0.2, 0) is 6.54 Å². The smallest absolute Gasteiger partial charge is 0.311 e. The third-order valence-corrected chi connectivity index (χ3v) is 2.81. The number of rotatable bonds is 5. The first-order valence-corrected chi connectivity index (χ1v) is 6.11. The summed E-state index contributed by atoms with van der Waals surface area (Å²) in [5, 5.41) is 13.6. The van der Waals surface area contributed by atoms with Crippen LogP contribution in [0.15, 0.2) is 42.7 Å². The minimum atomic E-state index is -0.587. The number of ether oxygens (including phenoxy) is 1. The topological polar surface area (TPSA) is 94.4 Å². The van der Waals surface area contributed by atoms with Crippen LogP contribution in [0.25, 0.3) is 0 Å². The third kappa shape index (κ3) is 3.53. The molecule has 0 aliphatic rings. The predicted octanol–water partition coefficient (Wildman–Crippen LogP) is 1.93. The monoisotopic (exact) mass is 287 g/mol. The number of hydrogen-bond donors (Lipinski definition) is 1. The molecule has 21 heavy (non-hydrogen) atoms. The van der Waals surface area contributed by atoms with Crippen molar-refractivity contribution in [3.63, 3.8) is 0 Å². The molecule has 0 radical (unpaired) electrons. The van der Waals surface area contributed by atoms with Gasteiger partial charge in [-0.1, -0.05) is 6.07 Å². The number of pyridine rings is 1. The van der Waals surface area contributed by atoms with E-state index in [0.29, 0.717) is 6.54 Å². The quantitative estimate of drug-likeness (QED) is 0.669. The first-order chi connectivity index (χ1) is 10.1. The van der Waals surface area contributed by atoms with Crippen LogP contribution in [0.1, 0.15) is 15.9 Å². The fraction of sp³-hybridized carbons (Fsp3) is 0.143. The van der Waals surface area contributed by atoms with Crippen molar-refractivity contribution in [1.29, 1.82) is 0 Å². The van der Waals surface area contributed by atoms with Crippen molar-refractivity contribution in [1.82, 2.24) is 10.3 Å². The molecular formula is C14H13N3O4. The molecule has 0 aliphatic heterocycles.